The Bertz CT molecular complexity index is 474. The predicted octanol–water partition coefficient (Wildman–Crippen LogP) is 3.57. The fourth-order valence-corrected chi connectivity index (χ4v) is 5.15. The van der Waals surface area contributed by atoms with Crippen molar-refractivity contribution < 1.29 is 5.11 Å². The van der Waals surface area contributed by atoms with Gasteiger partial charge in [-0.3, -0.25) is 0 Å². The first-order valence-corrected chi connectivity index (χ1v) is 7.80. The largest absolute Gasteiger partial charge is 0.388 e. The molecule has 0 saturated heterocycles. The molecule has 1 aromatic heterocycles. The fourth-order valence-electron chi connectivity index (χ4n) is 4.54. The second-order valence-corrected chi connectivity index (χ2v) is 8.18. The molecule has 2 saturated carbocycles. The van der Waals surface area contributed by atoms with Gasteiger partial charge in [-0.1, -0.05) is 20.8 Å². The topological polar surface area (TPSA) is 33.1 Å². The number of aryl methyl sites for hydroxylation is 1. The van der Waals surface area contributed by atoms with Crippen LogP contribution in [-0.4, -0.2) is 15.7 Å². The van der Waals surface area contributed by atoms with E-state index in [1.165, 1.54) is 19.3 Å². The highest BCUT2D eigenvalue weighted by atomic mass is 32.1. The molecule has 100 valence electrons. The number of nitrogens with zero attached hydrogens (tertiary/aromatic N) is 1. The van der Waals surface area contributed by atoms with Crippen molar-refractivity contribution in [1.82, 2.24) is 4.98 Å². The SMILES string of the molecule is Cc1nc(CC2(O)C3(C)CCC(C3)C2(C)C)cs1. The van der Waals surface area contributed by atoms with E-state index in [4.69, 9.17) is 0 Å². The third-order valence-electron chi connectivity index (χ3n) is 5.93. The van der Waals surface area contributed by atoms with E-state index in [0.29, 0.717) is 5.92 Å². The lowest BCUT2D eigenvalue weighted by molar-refractivity contribution is -0.142. The smallest absolute Gasteiger partial charge is 0.0897 e. The fraction of sp³-hybridized carbons (Fsp3) is 0.800. The molecule has 0 spiro atoms. The van der Waals surface area contributed by atoms with Crippen LogP contribution in [0.5, 0.6) is 0 Å². The Kier molecular flexibility index (Phi) is 2.50. The standard InChI is InChI=1S/C15H23NOS/c1-10-16-12(9-18-10)8-15(17)13(2,3)11-5-6-14(15,4)7-11/h9,11,17H,5-8H2,1-4H3. The van der Waals surface area contributed by atoms with Gasteiger partial charge in [0.25, 0.3) is 0 Å². The zero-order valence-electron chi connectivity index (χ0n) is 11.8. The summed E-state index contributed by atoms with van der Waals surface area (Å²) in [6.45, 7) is 8.81. The molecule has 0 amide bonds. The number of thiazole rings is 1. The molecule has 18 heavy (non-hydrogen) atoms. The zero-order chi connectivity index (χ0) is 13.2. The first-order valence-electron chi connectivity index (χ1n) is 6.92. The molecule has 2 nitrogen and oxygen atoms in total. The van der Waals surface area contributed by atoms with Crippen LogP contribution in [0.1, 0.15) is 50.7 Å². The van der Waals surface area contributed by atoms with Gasteiger partial charge < -0.3 is 5.11 Å². The molecule has 2 bridgehead atoms. The average Bonchev–Trinajstić information content (AvgIpc) is 2.88. The van der Waals surface area contributed by atoms with Crippen LogP contribution in [-0.2, 0) is 6.42 Å². The Balaban J connectivity index is 1.97. The van der Waals surface area contributed by atoms with Crippen molar-refractivity contribution in [3.05, 3.63) is 16.1 Å². The third-order valence-corrected chi connectivity index (χ3v) is 6.75. The quantitative estimate of drug-likeness (QED) is 0.886. The highest BCUT2D eigenvalue weighted by molar-refractivity contribution is 7.09. The Morgan fingerprint density at radius 3 is 2.67 bits per heavy atom. The van der Waals surface area contributed by atoms with Crippen LogP contribution >= 0.6 is 11.3 Å². The zero-order valence-corrected chi connectivity index (χ0v) is 12.6. The Labute approximate surface area is 113 Å². The molecule has 2 aliphatic carbocycles. The molecule has 2 aliphatic rings. The number of hydrogen-bond donors (Lipinski definition) is 1. The van der Waals surface area contributed by atoms with Crippen LogP contribution < -0.4 is 0 Å². The van der Waals surface area contributed by atoms with E-state index >= 15 is 0 Å². The Hall–Kier alpha value is -0.410. The number of aromatic nitrogens is 1. The van der Waals surface area contributed by atoms with Crippen LogP contribution in [0.4, 0.5) is 0 Å². The predicted molar refractivity (Wildman–Crippen MR) is 74.7 cm³/mol. The third kappa shape index (κ3) is 1.41. The Morgan fingerprint density at radius 1 is 1.44 bits per heavy atom. The van der Waals surface area contributed by atoms with E-state index in [1.807, 2.05) is 6.92 Å². The van der Waals surface area contributed by atoms with Crippen molar-refractivity contribution in [1.29, 1.82) is 0 Å². The van der Waals surface area contributed by atoms with E-state index in [-0.39, 0.29) is 10.8 Å². The van der Waals surface area contributed by atoms with Gasteiger partial charge in [0.15, 0.2) is 0 Å². The molecule has 0 radical (unpaired) electrons. The van der Waals surface area contributed by atoms with Crippen molar-refractivity contribution >= 4 is 11.3 Å². The summed E-state index contributed by atoms with van der Waals surface area (Å²) in [6.07, 6.45) is 4.35. The molecule has 2 fully saturated rings. The summed E-state index contributed by atoms with van der Waals surface area (Å²) >= 11 is 1.68. The molecule has 1 N–H and O–H groups in total. The molecule has 3 atom stereocenters. The van der Waals surface area contributed by atoms with Gasteiger partial charge in [0.2, 0.25) is 0 Å². The molecular weight excluding hydrogens is 242 g/mol. The van der Waals surface area contributed by atoms with E-state index in [9.17, 15) is 5.11 Å². The minimum Gasteiger partial charge on any atom is -0.388 e. The van der Waals surface area contributed by atoms with Crippen molar-refractivity contribution in [2.24, 2.45) is 16.7 Å². The minimum atomic E-state index is -0.594. The monoisotopic (exact) mass is 265 g/mol. The van der Waals surface area contributed by atoms with Crippen molar-refractivity contribution in [2.75, 3.05) is 0 Å². The summed E-state index contributed by atoms with van der Waals surface area (Å²) in [5, 5.41) is 14.6. The van der Waals surface area contributed by atoms with Gasteiger partial charge in [0.05, 0.1) is 16.3 Å². The second-order valence-electron chi connectivity index (χ2n) is 7.12. The van der Waals surface area contributed by atoms with Gasteiger partial charge in [0, 0.05) is 11.8 Å². The van der Waals surface area contributed by atoms with Gasteiger partial charge in [-0.05, 0) is 42.9 Å². The van der Waals surface area contributed by atoms with Crippen LogP contribution in [0.2, 0.25) is 0 Å². The van der Waals surface area contributed by atoms with Crippen LogP contribution in [0.25, 0.3) is 0 Å². The summed E-state index contributed by atoms with van der Waals surface area (Å²) in [6, 6.07) is 0. The summed E-state index contributed by atoms with van der Waals surface area (Å²) in [7, 11) is 0. The summed E-state index contributed by atoms with van der Waals surface area (Å²) in [5.74, 6) is 0.673. The summed E-state index contributed by atoms with van der Waals surface area (Å²) in [4.78, 5) is 4.56. The second kappa shape index (κ2) is 3.57. The van der Waals surface area contributed by atoms with Gasteiger partial charge in [-0.25, -0.2) is 4.98 Å². The maximum atomic E-state index is 11.4. The lowest BCUT2D eigenvalue weighted by atomic mass is 9.59. The van der Waals surface area contributed by atoms with E-state index in [2.05, 4.69) is 31.1 Å². The molecule has 1 aromatic rings. The van der Waals surface area contributed by atoms with Crippen LogP contribution in [0.15, 0.2) is 5.38 Å². The molecule has 3 unspecified atom stereocenters. The molecule has 0 aromatic carbocycles. The van der Waals surface area contributed by atoms with E-state index in [1.54, 1.807) is 11.3 Å². The van der Waals surface area contributed by atoms with Crippen LogP contribution in [0.3, 0.4) is 0 Å². The lowest BCUT2D eigenvalue weighted by Gasteiger charge is -2.50. The Morgan fingerprint density at radius 2 is 2.17 bits per heavy atom. The van der Waals surface area contributed by atoms with Crippen molar-refractivity contribution in [3.63, 3.8) is 0 Å². The van der Waals surface area contributed by atoms with Gasteiger partial charge >= 0.3 is 0 Å². The highest BCUT2D eigenvalue weighted by Gasteiger charge is 2.68. The number of hydrogen-bond acceptors (Lipinski definition) is 3. The van der Waals surface area contributed by atoms with Crippen molar-refractivity contribution in [2.45, 2.75) is 59.0 Å². The maximum absolute atomic E-state index is 11.4. The first-order chi connectivity index (χ1) is 8.28. The van der Waals surface area contributed by atoms with Crippen molar-refractivity contribution in [3.8, 4) is 0 Å². The normalized spacial score (nSPS) is 41.5. The average molecular weight is 265 g/mol. The highest BCUT2D eigenvalue weighted by Crippen LogP contribution is 2.68. The van der Waals surface area contributed by atoms with Gasteiger partial charge in [0.1, 0.15) is 0 Å². The number of rotatable bonds is 2. The molecular formula is C15H23NOS. The number of fused-ring (bicyclic) bond motifs is 2. The number of aliphatic hydroxyl groups is 1. The minimum absolute atomic E-state index is 0.0114. The van der Waals surface area contributed by atoms with Crippen LogP contribution in [0, 0.1) is 23.7 Å². The summed E-state index contributed by atoms with van der Waals surface area (Å²) in [5.41, 5.74) is 0.571. The van der Waals surface area contributed by atoms with E-state index < -0.39 is 5.60 Å². The van der Waals surface area contributed by atoms with Gasteiger partial charge in [-0.15, -0.1) is 11.3 Å². The molecule has 3 rings (SSSR count). The lowest BCUT2D eigenvalue weighted by Crippen LogP contribution is -2.55. The maximum Gasteiger partial charge on any atom is 0.0897 e. The van der Waals surface area contributed by atoms with Gasteiger partial charge in [-0.2, -0.15) is 0 Å². The molecule has 0 aliphatic heterocycles. The summed E-state index contributed by atoms with van der Waals surface area (Å²) < 4.78 is 0. The first kappa shape index (κ1) is 12.6. The molecule has 3 heteroatoms. The molecule has 1 heterocycles. The van der Waals surface area contributed by atoms with E-state index in [0.717, 1.165) is 17.1 Å².